The summed E-state index contributed by atoms with van der Waals surface area (Å²) >= 11 is 0. The van der Waals surface area contributed by atoms with Crippen LogP contribution in [0.1, 0.15) is 24.0 Å². The van der Waals surface area contributed by atoms with E-state index in [1.807, 2.05) is 31.2 Å². The molecule has 0 heterocycles. The molecule has 2 aromatic carbocycles. The van der Waals surface area contributed by atoms with Gasteiger partial charge in [0.15, 0.2) is 0 Å². The zero-order valence-corrected chi connectivity index (χ0v) is 13.9. The highest BCUT2D eigenvalue weighted by Gasteiger charge is 2.03. The molecular weight excluding hydrogens is 320 g/mol. The van der Waals surface area contributed by atoms with Crippen LogP contribution >= 0.6 is 0 Å². The Kier molecular flexibility index (Phi) is 6.65. The third-order valence-electron chi connectivity index (χ3n) is 3.47. The number of benzene rings is 2. The highest BCUT2D eigenvalue weighted by Crippen LogP contribution is 2.10. The van der Waals surface area contributed by atoms with Gasteiger partial charge in [-0.25, -0.2) is 5.43 Å². The summed E-state index contributed by atoms with van der Waals surface area (Å²) in [5.74, 6) is -0.177. The number of carbonyl (C=O) groups is 1. The Bertz CT molecular complexity index is 740. The Morgan fingerprint density at radius 2 is 1.84 bits per heavy atom. The van der Waals surface area contributed by atoms with Crippen LogP contribution in [0.4, 0.5) is 11.4 Å². The maximum atomic E-state index is 11.7. The summed E-state index contributed by atoms with van der Waals surface area (Å²) in [4.78, 5) is 21.8. The number of hydrazone groups is 1. The van der Waals surface area contributed by atoms with Crippen molar-refractivity contribution in [2.45, 2.75) is 19.8 Å². The third-order valence-corrected chi connectivity index (χ3v) is 3.47. The Morgan fingerprint density at radius 3 is 2.48 bits per heavy atom. The largest absolute Gasteiger partial charge is 0.385 e. The smallest absolute Gasteiger partial charge is 0.269 e. The normalized spacial score (nSPS) is 10.6. The average Bonchev–Trinajstić information content (AvgIpc) is 2.61. The Balaban J connectivity index is 1.66. The summed E-state index contributed by atoms with van der Waals surface area (Å²) in [6.07, 6.45) is 2.50. The molecule has 0 radical (unpaired) electrons. The van der Waals surface area contributed by atoms with E-state index in [9.17, 15) is 14.9 Å². The molecule has 0 saturated heterocycles. The summed E-state index contributed by atoms with van der Waals surface area (Å²) in [6, 6.07) is 14.0. The fourth-order valence-corrected chi connectivity index (χ4v) is 2.07. The highest BCUT2D eigenvalue weighted by molar-refractivity contribution is 5.82. The second-order valence-corrected chi connectivity index (χ2v) is 5.54. The lowest BCUT2D eigenvalue weighted by atomic mass is 10.2. The van der Waals surface area contributed by atoms with Crippen LogP contribution < -0.4 is 10.7 Å². The molecule has 25 heavy (non-hydrogen) atoms. The van der Waals surface area contributed by atoms with Gasteiger partial charge >= 0.3 is 0 Å². The fraction of sp³-hybridized carbons (Fsp3) is 0.222. The van der Waals surface area contributed by atoms with Gasteiger partial charge in [0.2, 0.25) is 5.91 Å². The number of nitrogens with zero attached hydrogens (tertiary/aromatic N) is 2. The first-order chi connectivity index (χ1) is 12.0. The Labute approximate surface area is 145 Å². The number of anilines is 1. The molecule has 0 atom stereocenters. The predicted molar refractivity (Wildman–Crippen MR) is 97.7 cm³/mol. The highest BCUT2D eigenvalue weighted by atomic mass is 16.6. The SMILES string of the molecule is Cc1ccc(NCCCC(=O)NN=Cc2ccc([N+](=O)[O-])cc2)cc1. The van der Waals surface area contributed by atoms with Gasteiger partial charge in [-0.15, -0.1) is 0 Å². The van der Waals surface area contributed by atoms with Crippen LogP contribution in [0.15, 0.2) is 53.6 Å². The van der Waals surface area contributed by atoms with Gasteiger partial charge in [0.05, 0.1) is 11.1 Å². The number of hydrogen-bond acceptors (Lipinski definition) is 5. The van der Waals surface area contributed by atoms with Gasteiger partial charge in [-0.1, -0.05) is 17.7 Å². The molecule has 0 aliphatic rings. The molecule has 0 aromatic heterocycles. The van der Waals surface area contributed by atoms with Gasteiger partial charge < -0.3 is 5.32 Å². The molecule has 2 rings (SSSR count). The van der Waals surface area contributed by atoms with Crippen molar-refractivity contribution in [1.29, 1.82) is 0 Å². The number of nitro benzene ring substituents is 1. The van der Waals surface area contributed by atoms with Crippen LogP contribution in [0.2, 0.25) is 0 Å². The number of non-ortho nitro benzene ring substituents is 1. The topological polar surface area (TPSA) is 96.6 Å². The maximum Gasteiger partial charge on any atom is 0.269 e. The fourth-order valence-electron chi connectivity index (χ4n) is 2.07. The molecule has 0 saturated carbocycles. The van der Waals surface area contributed by atoms with Crippen LogP contribution in [0, 0.1) is 17.0 Å². The van der Waals surface area contributed by atoms with E-state index in [1.54, 1.807) is 12.1 Å². The second kappa shape index (κ2) is 9.17. The van der Waals surface area contributed by atoms with Crippen molar-refractivity contribution in [3.8, 4) is 0 Å². The molecule has 2 aromatic rings. The number of rotatable bonds is 8. The van der Waals surface area contributed by atoms with Crippen molar-refractivity contribution in [2.24, 2.45) is 5.10 Å². The van der Waals surface area contributed by atoms with Gasteiger partial charge in [-0.2, -0.15) is 5.10 Å². The minimum Gasteiger partial charge on any atom is -0.385 e. The van der Waals surface area contributed by atoms with E-state index in [-0.39, 0.29) is 11.6 Å². The van der Waals surface area contributed by atoms with Crippen LogP contribution in [0.5, 0.6) is 0 Å². The van der Waals surface area contributed by atoms with Gasteiger partial charge in [-0.3, -0.25) is 14.9 Å². The summed E-state index contributed by atoms with van der Waals surface area (Å²) in [5.41, 5.74) is 5.37. The van der Waals surface area contributed by atoms with Crippen molar-refractivity contribution in [3.63, 3.8) is 0 Å². The minimum absolute atomic E-state index is 0.0160. The Morgan fingerprint density at radius 1 is 1.16 bits per heavy atom. The van der Waals surface area contributed by atoms with Gasteiger partial charge in [0.1, 0.15) is 0 Å². The van der Waals surface area contributed by atoms with Gasteiger partial charge in [-0.05, 0) is 43.2 Å². The zero-order valence-electron chi connectivity index (χ0n) is 13.9. The van der Waals surface area contributed by atoms with Crippen LogP contribution in [0.3, 0.4) is 0 Å². The predicted octanol–water partition coefficient (Wildman–Crippen LogP) is 3.25. The van der Waals surface area contributed by atoms with Crippen molar-refractivity contribution in [3.05, 3.63) is 69.8 Å². The average molecular weight is 340 g/mol. The van der Waals surface area contributed by atoms with Crippen molar-refractivity contribution < 1.29 is 9.72 Å². The number of nitrogens with one attached hydrogen (secondary N) is 2. The molecular formula is C18H20N4O3. The van der Waals surface area contributed by atoms with E-state index >= 15 is 0 Å². The lowest BCUT2D eigenvalue weighted by molar-refractivity contribution is -0.384. The van der Waals surface area contributed by atoms with E-state index in [1.165, 1.54) is 23.9 Å². The molecule has 0 aliphatic carbocycles. The van der Waals surface area contributed by atoms with E-state index < -0.39 is 4.92 Å². The summed E-state index contributed by atoms with van der Waals surface area (Å²) in [6.45, 7) is 2.73. The third kappa shape index (κ3) is 6.42. The van der Waals surface area contributed by atoms with E-state index in [2.05, 4.69) is 15.8 Å². The first-order valence-electron chi connectivity index (χ1n) is 7.91. The number of hydrogen-bond donors (Lipinski definition) is 2. The molecule has 7 heteroatoms. The molecule has 0 aliphatic heterocycles. The first-order valence-corrected chi connectivity index (χ1v) is 7.91. The number of aryl methyl sites for hydroxylation is 1. The van der Waals surface area contributed by atoms with Gasteiger partial charge in [0, 0.05) is 30.8 Å². The van der Waals surface area contributed by atoms with E-state index in [0.29, 0.717) is 24.9 Å². The number of amides is 1. The maximum absolute atomic E-state index is 11.7. The van der Waals surface area contributed by atoms with Gasteiger partial charge in [0.25, 0.3) is 5.69 Å². The van der Waals surface area contributed by atoms with Crippen molar-refractivity contribution >= 4 is 23.5 Å². The lowest BCUT2D eigenvalue weighted by Gasteiger charge is -2.06. The second-order valence-electron chi connectivity index (χ2n) is 5.54. The van der Waals surface area contributed by atoms with Crippen LogP contribution in [-0.2, 0) is 4.79 Å². The van der Waals surface area contributed by atoms with Crippen LogP contribution in [0.25, 0.3) is 0 Å². The summed E-state index contributed by atoms with van der Waals surface area (Å²) in [7, 11) is 0. The number of nitro groups is 1. The standard InChI is InChI=1S/C18H20N4O3/c1-14-4-8-16(9-5-14)19-12-2-3-18(23)21-20-13-15-6-10-17(11-7-15)22(24)25/h4-11,13,19H,2-3,12H2,1H3,(H,21,23). The Hall–Kier alpha value is -3.22. The molecule has 0 fully saturated rings. The zero-order chi connectivity index (χ0) is 18.1. The summed E-state index contributed by atoms with van der Waals surface area (Å²) < 4.78 is 0. The van der Waals surface area contributed by atoms with E-state index in [0.717, 1.165) is 5.69 Å². The quantitative estimate of drug-likeness (QED) is 0.334. The first kappa shape index (κ1) is 18.1. The van der Waals surface area contributed by atoms with Crippen molar-refractivity contribution in [2.75, 3.05) is 11.9 Å². The monoisotopic (exact) mass is 340 g/mol. The lowest BCUT2D eigenvalue weighted by Crippen LogP contribution is -2.18. The van der Waals surface area contributed by atoms with Crippen molar-refractivity contribution in [1.82, 2.24) is 5.43 Å². The van der Waals surface area contributed by atoms with E-state index in [4.69, 9.17) is 0 Å². The summed E-state index contributed by atoms with van der Waals surface area (Å²) in [5, 5.41) is 17.7. The number of carbonyl (C=O) groups excluding carboxylic acids is 1. The minimum atomic E-state index is -0.465. The molecule has 7 nitrogen and oxygen atoms in total. The molecule has 1 amide bonds. The molecule has 130 valence electrons. The molecule has 0 bridgehead atoms. The molecule has 2 N–H and O–H groups in total. The van der Waals surface area contributed by atoms with Crippen LogP contribution in [-0.4, -0.2) is 23.6 Å². The molecule has 0 unspecified atom stereocenters. The molecule has 0 spiro atoms.